The lowest BCUT2D eigenvalue weighted by Crippen LogP contribution is -2.20. The van der Waals surface area contributed by atoms with E-state index in [1.54, 1.807) is 12.3 Å². The molecule has 2 aromatic heterocycles. The molecule has 0 fully saturated rings. The second-order valence-corrected chi connectivity index (χ2v) is 3.81. The molecule has 4 heteroatoms. The molecule has 0 aliphatic carbocycles. The molecule has 0 aromatic carbocycles. The highest BCUT2D eigenvalue weighted by atomic mass is 19.1. The fraction of sp³-hybridized carbons (Fsp3) is 0.231. The molecule has 0 saturated carbocycles. The number of nitrogens with zero attached hydrogens (tertiary/aromatic N) is 2. The van der Waals surface area contributed by atoms with Crippen LogP contribution in [0.25, 0.3) is 0 Å². The summed E-state index contributed by atoms with van der Waals surface area (Å²) in [4.78, 5) is 8.16. The average molecular weight is 231 g/mol. The van der Waals surface area contributed by atoms with Crippen molar-refractivity contribution in [2.75, 3.05) is 7.05 Å². The smallest absolute Gasteiger partial charge is 0.141 e. The van der Waals surface area contributed by atoms with Crippen LogP contribution in [0.1, 0.15) is 17.3 Å². The number of likely N-dealkylation sites (N-methyl/N-ethyl adjacent to an activating group) is 1. The standard InChI is InChI=1S/C13H14FN3/c1-15-13(7-10-3-2-6-16-8-10)12-5-4-11(14)9-17-12/h2-6,8-9,13,15H,7H2,1H3. The van der Waals surface area contributed by atoms with Gasteiger partial charge in [0.15, 0.2) is 0 Å². The van der Waals surface area contributed by atoms with E-state index < -0.39 is 0 Å². The van der Waals surface area contributed by atoms with Gasteiger partial charge in [0.25, 0.3) is 0 Å². The largest absolute Gasteiger partial charge is 0.311 e. The van der Waals surface area contributed by atoms with Crippen molar-refractivity contribution in [2.45, 2.75) is 12.5 Å². The predicted octanol–water partition coefficient (Wildman–Crippen LogP) is 2.12. The van der Waals surface area contributed by atoms with Gasteiger partial charge in [-0.05, 0) is 37.2 Å². The summed E-state index contributed by atoms with van der Waals surface area (Å²) in [5, 5.41) is 3.17. The van der Waals surface area contributed by atoms with Gasteiger partial charge in [0.1, 0.15) is 5.82 Å². The molecule has 2 rings (SSSR count). The maximum absolute atomic E-state index is 12.8. The summed E-state index contributed by atoms with van der Waals surface area (Å²) in [7, 11) is 1.87. The number of rotatable bonds is 4. The van der Waals surface area contributed by atoms with Crippen LogP contribution in [0.15, 0.2) is 42.9 Å². The first kappa shape index (κ1) is 11.7. The van der Waals surface area contributed by atoms with E-state index in [9.17, 15) is 4.39 Å². The van der Waals surface area contributed by atoms with Crippen LogP contribution in [0.3, 0.4) is 0 Å². The van der Waals surface area contributed by atoms with Crippen molar-refractivity contribution in [1.29, 1.82) is 0 Å². The molecule has 3 nitrogen and oxygen atoms in total. The Hall–Kier alpha value is -1.81. The van der Waals surface area contributed by atoms with Crippen molar-refractivity contribution in [1.82, 2.24) is 15.3 Å². The van der Waals surface area contributed by atoms with Crippen molar-refractivity contribution in [3.8, 4) is 0 Å². The Morgan fingerprint density at radius 3 is 2.76 bits per heavy atom. The molecule has 1 unspecified atom stereocenters. The van der Waals surface area contributed by atoms with Gasteiger partial charge in [-0.15, -0.1) is 0 Å². The highest BCUT2D eigenvalue weighted by Crippen LogP contribution is 2.15. The summed E-state index contributed by atoms with van der Waals surface area (Å²) < 4.78 is 12.8. The van der Waals surface area contributed by atoms with Crippen LogP contribution in [0.2, 0.25) is 0 Å². The molecule has 0 aliphatic heterocycles. The van der Waals surface area contributed by atoms with Gasteiger partial charge in [-0.1, -0.05) is 6.07 Å². The quantitative estimate of drug-likeness (QED) is 0.875. The Morgan fingerprint density at radius 1 is 1.29 bits per heavy atom. The number of nitrogens with one attached hydrogen (secondary N) is 1. The van der Waals surface area contributed by atoms with Gasteiger partial charge < -0.3 is 5.32 Å². The molecule has 0 radical (unpaired) electrons. The van der Waals surface area contributed by atoms with Gasteiger partial charge in [-0.3, -0.25) is 9.97 Å². The van der Waals surface area contributed by atoms with Crippen LogP contribution >= 0.6 is 0 Å². The Morgan fingerprint density at radius 2 is 2.18 bits per heavy atom. The minimum Gasteiger partial charge on any atom is -0.311 e. The van der Waals surface area contributed by atoms with Gasteiger partial charge in [0.05, 0.1) is 17.9 Å². The first-order valence-electron chi connectivity index (χ1n) is 5.47. The summed E-state index contributed by atoms with van der Waals surface area (Å²) in [6.45, 7) is 0. The van der Waals surface area contributed by atoms with Crippen LogP contribution < -0.4 is 5.32 Å². The zero-order chi connectivity index (χ0) is 12.1. The van der Waals surface area contributed by atoms with Crippen LogP contribution in [-0.2, 0) is 6.42 Å². The topological polar surface area (TPSA) is 37.8 Å². The molecule has 0 amide bonds. The molecule has 88 valence electrons. The minimum absolute atomic E-state index is 0.0693. The summed E-state index contributed by atoms with van der Waals surface area (Å²) in [6.07, 6.45) is 5.59. The highest BCUT2D eigenvalue weighted by Gasteiger charge is 2.11. The second kappa shape index (κ2) is 5.50. The van der Waals surface area contributed by atoms with Crippen LogP contribution in [0, 0.1) is 5.82 Å². The third-order valence-corrected chi connectivity index (χ3v) is 2.62. The molecule has 0 bridgehead atoms. The van der Waals surface area contributed by atoms with E-state index in [4.69, 9.17) is 0 Å². The summed E-state index contributed by atoms with van der Waals surface area (Å²) >= 11 is 0. The van der Waals surface area contributed by atoms with E-state index in [1.807, 2.05) is 25.4 Å². The van der Waals surface area contributed by atoms with Gasteiger partial charge in [0, 0.05) is 12.4 Å². The number of hydrogen-bond acceptors (Lipinski definition) is 3. The van der Waals surface area contributed by atoms with Gasteiger partial charge >= 0.3 is 0 Å². The zero-order valence-corrected chi connectivity index (χ0v) is 9.60. The van der Waals surface area contributed by atoms with Crippen LogP contribution in [0.4, 0.5) is 4.39 Å². The lowest BCUT2D eigenvalue weighted by atomic mass is 10.0. The van der Waals surface area contributed by atoms with Crippen molar-refractivity contribution in [2.24, 2.45) is 0 Å². The molecular formula is C13H14FN3. The molecule has 1 atom stereocenters. The molecule has 0 saturated heterocycles. The normalized spacial score (nSPS) is 12.4. The van der Waals surface area contributed by atoms with Crippen molar-refractivity contribution >= 4 is 0 Å². The molecule has 2 aromatic rings. The van der Waals surface area contributed by atoms with E-state index in [2.05, 4.69) is 15.3 Å². The third kappa shape index (κ3) is 3.07. The van der Waals surface area contributed by atoms with Gasteiger partial charge in [0.2, 0.25) is 0 Å². The van der Waals surface area contributed by atoms with E-state index in [0.717, 1.165) is 17.7 Å². The molecule has 17 heavy (non-hydrogen) atoms. The Balaban J connectivity index is 2.14. The van der Waals surface area contributed by atoms with Gasteiger partial charge in [-0.25, -0.2) is 4.39 Å². The van der Waals surface area contributed by atoms with Crippen LogP contribution in [-0.4, -0.2) is 17.0 Å². The van der Waals surface area contributed by atoms with E-state index >= 15 is 0 Å². The Labute approximate surface area is 99.7 Å². The second-order valence-electron chi connectivity index (χ2n) is 3.81. The Kier molecular flexibility index (Phi) is 3.77. The predicted molar refractivity (Wildman–Crippen MR) is 63.9 cm³/mol. The number of hydrogen-bond donors (Lipinski definition) is 1. The zero-order valence-electron chi connectivity index (χ0n) is 9.60. The maximum atomic E-state index is 12.8. The lowest BCUT2D eigenvalue weighted by Gasteiger charge is -2.15. The SMILES string of the molecule is CNC(Cc1cccnc1)c1ccc(F)cn1. The van der Waals surface area contributed by atoms with E-state index in [-0.39, 0.29) is 11.9 Å². The number of pyridine rings is 2. The third-order valence-electron chi connectivity index (χ3n) is 2.62. The summed E-state index contributed by atoms with van der Waals surface area (Å²) in [6, 6.07) is 7.11. The minimum atomic E-state index is -0.315. The fourth-order valence-corrected chi connectivity index (χ4v) is 1.70. The molecule has 0 aliphatic rings. The molecular weight excluding hydrogens is 217 g/mol. The van der Waals surface area contributed by atoms with E-state index in [1.165, 1.54) is 12.3 Å². The monoisotopic (exact) mass is 231 g/mol. The molecule has 2 heterocycles. The molecule has 1 N–H and O–H groups in total. The van der Waals surface area contributed by atoms with Crippen molar-refractivity contribution < 1.29 is 4.39 Å². The number of halogens is 1. The average Bonchev–Trinajstić information content (AvgIpc) is 2.38. The van der Waals surface area contributed by atoms with Crippen molar-refractivity contribution in [3.63, 3.8) is 0 Å². The molecule has 0 spiro atoms. The fourth-order valence-electron chi connectivity index (χ4n) is 1.70. The lowest BCUT2D eigenvalue weighted by molar-refractivity contribution is 0.565. The maximum Gasteiger partial charge on any atom is 0.141 e. The van der Waals surface area contributed by atoms with Crippen molar-refractivity contribution in [3.05, 3.63) is 59.9 Å². The van der Waals surface area contributed by atoms with Gasteiger partial charge in [-0.2, -0.15) is 0 Å². The van der Waals surface area contributed by atoms with E-state index in [0.29, 0.717) is 0 Å². The number of aromatic nitrogens is 2. The summed E-state index contributed by atoms with van der Waals surface area (Å²) in [5.74, 6) is -0.315. The first-order chi connectivity index (χ1) is 8.29. The summed E-state index contributed by atoms with van der Waals surface area (Å²) in [5.41, 5.74) is 1.95. The Bertz CT molecular complexity index is 456. The van der Waals surface area contributed by atoms with Crippen LogP contribution in [0.5, 0.6) is 0 Å². The highest BCUT2D eigenvalue weighted by molar-refractivity contribution is 5.16. The first-order valence-corrected chi connectivity index (χ1v) is 5.47.